The number of alkyl halides is 7. The quantitative estimate of drug-likeness (QED) is 0.0882. The fourth-order valence-corrected chi connectivity index (χ4v) is 4.04. The molecule has 2 N–H and O–H groups in total. The van der Waals surface area contributed by atoms with E-state index in [0.29, 0.717) is 21.4 Å². The fourth-order valence-electron chi connectivity index (χ4n) is 2.67. The van der Waals surface area contributed by atoms with Gasteiger partial charge in [0.2, 0.25) is 0 Å². The van der Waals surface area contributed by atoms with Crippen LogP contribution in [0.2, 0.25) is 0 Å². The van der Waals surface area contributed by atoms with Gasteiger partial charge in [-0.15, -0.1) is 48.4 Å². The summed E-state index contributed by atoms with van der Waals surface area (Å²) >= 11 is 10.6. The van der Waals surface area contributed by atoms with E-state index in [4.69, 9.17) is 11.6 Å². The van der Waals surface area contributed by atoms with Crippen molar-refractivity contribution in [3.63, 3.8) is 0 Å². The van der Waals surface area contributed by atoms with Crippen LogP contribution in [0.15, 0.2) is 83.4 Å². The van der Waals surface area contributed by atoms with Crippen LogP contribution < -0.4 is 0 Å². The lowest BCUT2D eigenvalue weighted by Crippen LogP contribution is -2.04. The van der Waals surface area contributed by atoms with Crippen LogP contribution in [0, 0.1) is 0 Å². The Morgan fingerprint density at radius 3 is 1.76 bits per heavy atom. The van der Waals surface area contributed by atoms with Crippen molar-refractivity contribution in [2.24, 2.45) is 0 Å². The van der Waals surface area contributed by atoms with Gasteiger partial charge in [0.1, 0.15) is 0 Å². The third-order valence-corrected chi connectivity index (χ3v) is 5.91. The molecule has 0 saturated carbocycles. The summed E-state index contributed by atoms with van der Waals surface area (Å²) in [4.78, 5) is 14.6. The van der Waals surface area contributed by atoms with Gasteiger partial charge in [-0.1, -0.05) is 12.1 Å². The molecule has 2 heterocycles. The highest BCUT2D eigenvalue weighted by atomic mass is 35.5. The lowest BCUT2D eigenvalue weighted by atomic mass is 10.2. The molecule has 38 heavy (non-hydrogen) atoms. The number of aryl methyl sites for hydroxylation is 2. The number of imidazole rings is 2. The molecule has 0 bridgehead atoms. The maximum Gasteiger partial charge on any atom is 0.416 e. The Morgan fingerprint density at radius 1 is 0.789 bits per heavy atom. The zero-order valence-electron chi connectivity index (χ0n) is 19.6. The molecule has 0 saturated heterocycles. The summed E-state index contributed by atoms with van der Waals surface area (Å²) in [5, 5.41) is 0. The summed E-state index contributed by atoms with van der Waals surface area (Å²) in [5.74, 6) is 1.37. The smallest absolute Gasteiger partial charge is 0.348 e. The Bertz CT molecular complexity index is 1170. The summed E-state index contributed by atoms with van der Waals surface area (Å²) in [6.07, 6.45) is -0.178. The van der Waals surface area contributed by atoms with Crippen molar-refractivity contribution < 1.29 is 26.3 Å². The van der Waals surface area contributed by atoms with Gasteiger partial charge in [0.05, 0.1) is 23.8 Å². The molecule has 0 atom stereocenters. The summed E-state index contributed by atoms with van der Waals surface area (Å²) in [7, 11) is 0. The van der Waals surface area contributed by atoms with E-state index in [2.05, 4.69) is 32.6 Å². The van der Waals surface area contributed by atoms with Gasteiger partial charge >= 0.3 is 12.4 Å². The van der Waals surface area contributed by atoms with Crippen LogP contribution in [-0.2, 0) is 25.2 Å². The number of nitrogens with one attached hydrogen (secondary N) is 2. The van der Waals surface area contributed by atoms with Crippen molar-refractivity contribution >= 4 is 48.4 Å². The predicted molar refractivity (Wildman–Crippen MR) is 143 cm³/mol. The van der Waals surface area contributed by atoms with E-state index in [1.807, 2.05) is 0 Å². The van der Waals surface area contributed by atoms with Crippen LogP contribution in [0.25, 0.3) is 0 Å². The van der Waals surface area contributed by atoms with Crippen molar-refractivity contribution in [3.05, 3.63) is 96.1 Å². The zero-order valence-corrected chi connectivity index (χ0v) is 22.8. The minimum Gasteiger partial charge on any atom is -0.348 e. The highest BCUT2D eigenvalue weighted by Crippen LogP contribution is 2.32. The second-order valence-corrected chi connectivity index (χ2v) is 9.33. The van der Waals surface area contributed by atoms with Gasteiger partial charge in [-0.25, -0.2) is 9.97 Å². The molecule has 0 aliphatic carbocycles. The molecule has 4 rings (SSSR count). The number of thioether (sulfide) groups is 1. The van der Waals surface area contributed by atoms with Gasteiger partial charge in [0.15, 0.2) is 0 Å². The zero-order chi connectivity index (χ0) is 27.3. The molecular weight excluding hydrogens is 593 g/mol. The molecule has 0 aliphatic rings. The molecule has 0 aliphatic heterocycles. The molecule has 2 aromatic heterocycles. The second kappa shape index (κ2) is 16.6. The molecule has 208 valence electrons. The topological polar surface area (TPSA) is 57.4 Å². The number of halogens is 8. The van der Waals surface area contributed by atoms with Gasteiger partial charge in [-0.2, -0.15) is 26.3 Å². The minimum absolute atomic E-state index is 0. The first-order valence-corrected chi connectivity index (χ1v) is 12.6. The normalized spacial score (nSPS) is 10.9. The lowest BCUT2D eigenvalue weighted by Gasteiger charge is -2.08. The Labute approximate surface area is 236 Å². The number of hydrogen-bond acceptors (Lipinski definition) is 4. The Morgan fingerprint density at radius 2 is 1.32 bits per heavy atom. The molecule has 0 amide bonds. The third-order valence-electron chi connectivity index (χ3n) is 4.45. The number of benzene rings is 2. The highest BCUT2D eigenvalue weighted by Gasteiger charge is 2.30. The van der Waals surface area contributed by atoms with E-state index in [1.54, 1.807) is 31.1 Å². The first-order valence-electron chi connectivity index (χ1n) is 10.7. The fraction of sp³-hybridized carbons (Fsp3) is 0.250. The van der Waals surface area contributed by atoms with E-state index in [-0.39, 0.29) is 12.4 Å². The number of H-pyrrole nitrogens is 2. The molecular formula is C24H24Cl2F6N4S2. The largest absolute Gasteiger partial charge is 0.416 e. The predicted octanol–water partition coefficient (Wildman–Crippen LogP) is 8.37. The third kappa shape index (κ3) is 13.0. The highest BCUT2D eigenvalue weighted by molar-refractivity contribution is 7.99. The molecule has 0 unspecified atom stereocenters. The minimum atomic E-state index is -4.28. The maximum absolute atomic E-state index is 12.5. The summed E-state index contributed by atoms with van der Waals surface area (Å²) in [6, 6.07) is 10.2. The first-order chi connectivity index (χ1) is 17.5. The van der Waals surface area contributed by atoms with E-state index in [0.717, 1.165) is 42.4 Å². The van der Waals surface area contributed by atoms with Crippen LogP contribution in [-0.4, -0.2) is 31.6 Å². The number of hydrogen-bond donors (Lipinski definition) is 3. The van der Waals surface area contributed by atoms with Crippen LogP contribution in [0.4, 0.5) is 26.3 Å². The monoisotopic (exact) mass is 616 g/mol. The maximum atomic E-state index is 12.5. The van der Waals surface area contributed by atoms with Gasteiger partial charge in [-0.3, -0.25) is 0 Å². The van der Waals surface area contributed by atoms with Gasteiger partial charge < -0.3 is 9.97 Å². The van der Waals surface area contributed by atoms with Crippen molar-refractivity contribution in [2.45, 2.75) is 35.0 Å². The van der Waals surface area contributed by atoms with Crippen LogP contribution in [0.3, 0.4) is 0 Å². The van der Waals surface area contributed by atoms with Gasteiger partial charge in [0.25, 0.3) is 0 Å². The molecule has 0 spiro atoms. The Hall–Kier alpha value is -2.28. The second-order valence-electron chi connectivity index (χ2n) is 7.26. The van der Waals surface area contributed by atoms with Crippen LogP contribution >= 0.6 is 48.4 Å². The van der Waals surface area contributed by atoms with E-state index < -0.39 is 23.5 Å². The number of aromatic amines is 2. The number of nitrogens with zero attached hydrogens (tertiary/aromatic N) is 2. The SMILES string of the molecule is Cl.ClCCc1cnc[nH]1.FC(F)(F)c1cccc(S)c1.FC(F)(F)c1cccc(SCCc2cnc[nH]2)c1. The Kier molecular flexibility index (Phi) is 14.8. The number of rotatable bonds is 6. The molecule has 0 fully saturated rings. The summed E-state index contributed by atoms with van der Waals surface area (Å²) in [6.45, 7) is 0. The Balaban J connectivity index is 0.000000309. The molecule has 0 radical (unpaired) electrons. The van der Waals surface area contributed by atoms with Crippen LogP contribution in [0.1, 0.15) is 22.5 Å². The molecule has 4 aromatic rings. The van der Waals surface area contributed by atoms with Gasteiger partial charge in [0, 0.05) is 51.6 Å². The van der Waals surface area contributed by atoms with Crippen molar-refractivity contribution in [2.75, 3.05) is 11.6 Å². The first kappa shape index (κ1) is 33.7. The molecule has 14 heteroatoms. The number of thiol groups is 1. The average molecular weight is 618 g/mol. The number of aromatic nitrogens is 4. The summed E-state index contributed by atoms with van der Waals surface area (Å²) in [5.41, 5.74) is 0.813. The van der Waals surface area contributed by atoms with Crippen LogP contribution in [0.5, 0.6) is 0 Å². The van der Waals surface area contributed by atoms with E-state index in [9.17, 15) is 26.3 Å². The lowest BCUT2D eigenvalue weighted by molar-refractivity contribution is -0.138. The molecule has 2 aromatic carbocycles. The standard InChI is InChI=1S/C12H11F3N2S.C7H5F3S.C5H7ClN2.ClH/c13-12(14,15)9-2-1-3-11(6-9)18-5-4-10-7-16-8-17-10;8-7(9,10)5-2-1-3-6(11)4-5;6-2-1-5-3-7-4-8-5;/h1-3,6-8H,4-5H2,(H,16,17);1-4,11H;3-4H,1-2H2,(H,7,8);1H. The van der Waals surface area contributed by atoms with Gasteiger partial charge in [-0.05, 0) is 42.8 Å². The van der Waals surface area contributed by atoms with E-state index in [1.165, 1.54) is 36.0 Å². The van der Waals surface area contributed by atoms with Crippen molar-refractivity contribution in [3.8, 4) is 0 Å². The van der Waals surface area contributed by atoms with Crippen molar-refractivity contribution in [1.29, 1.82) is 0 Å². The van der Waals surface area contributed by atoms with Crippen molar-refractivity contribution in [1.82, 2.24) is 19.9 Å². The summed E-state index contributed by atoms with van der Waals surface area (Å²) < 4.78 is 73.3. The van der Waals surface area contributed by atoms with E-state index >= 15 is 0 Å². The molecule has 4 nitrogen and oxygen atoms in total. The average Bonchev–Trinajstić information content (AvgIpc) is 3.54.